The molecule has 0 fully saturated rings. The van der Waals surface area contributed by atoms with Crippen molar-refractivity contribution in [1.82, 2.24) is 0 Å². The monoisotopic (exact) mass is 731 g/mol. The van der Waals surface area contributed by atoms with Crippen LogP contribution in [0.1, 0.15) is 50.1 Å². The topological polar surface area (TPSA) is 37.1 Å². The van der Waals surface area contributed by atoms with Crippen LogP contribution < -0.4 is 0 Å². The van der Waals surface area contributed by atoms with E-state index < -0.39 is 5.41 Å². The summed E-state index contributed by atoms with van der Waals surface area (Å²) in [6.45, 7) is 4.39. The molecule has 0 radical (unpaired) electrons. The Labute approximate surface area is 335 Å². The van der Waals surface area contributed by atoms with Gasteiger partial charge in [-0.05, 0) is 80.4 Å². The van der Waals surface area contributed by atoms with E-state index >= 15 is 0 Å². The Morgan fingerprint density at radius 1 is 0.421 bits per heavy atom. The molecular formula is C54H41N3. The van der Waals surface area contributed by atoms with Gasteiger partial charge in [-0.25, -0.2) is 9.98 Å². The maximum atomic E-state index is 4.92. The van der Waals surface area contributed by atoms with Gasteiger partial charge < -0.3 is 0 Å². The molecule has 0 saturated carbocycles. The highest BCUT2D eigenvalue weighted by Crippen LogP contribution is 2.56. The van der Waals surface area contributed by atoms with Crippen molar-refractivity contribution in [1.29, 1.82) is 0 Å². The molecule has 57 heavy (non-hydrogen) atoms. The summed E-state index contributed by atoms with van der Waals surface area (Å²) in [5.41, 5.74) is 15.2. The molecule has 0 aliphatic heterocycles. The average Bonchev–Trinajstić information content (AvgIpc) is 3.59. The maximum Gasteiger partial charge on any atom is 0.161 e. The number of amidine groups is 2. The van der Waals surface area contributed by atoms with Crippen molar-refractivity contribution in [3.63, 3.8) is 0 Å². The molecule has 0 spiro atoms. The first-order chi connectivity index (χ1) is 28.2. The molecule has 8 aromatic carbocycles. The van der Waals surface area contributed by atoms with Crippen LogP contribution in [-0.4, -0.2) is 18.4 Å². The summed E-state index contributed by atoms with van der Waals surface area (Å²) >= 11 is 0. The van der Waals surface area contributed by atoms with Crippen molar-refractivity contribution in [3.8, 4) is 22.3 Å². The minimum Gasteiger partial charge on any atom is -0.261 e. The molecule has 9 rings (SSSR count). The van der Waals surface area contributed by atoms with Crippen molar-refractivity contribution >= 4 is 18.4 Å². The van der Waals surface area contributed by atoms with Crippen molar-refractivity contribution in [3.05, 3.63) is 262 Å². The minimum atomic E-state index is -0.416. The van der Waals surface area contributed by atoms with E-state index in [1.54, 1.807) is 0 Å². The number of nitrogens with zero attached hydrogens (tertiary/aromatic N) is 3. The fraction of sp³-hybridized carbons (Fsp3) is 0.0556. The van der Waals surface area contributed by atoms with Gasteiger partial charge in [-0.15, -0.1) is 0 Å². The van der Waals surface area contributed by atoms with Crippen LogP contribution >= 0.6 is 0 Å². The van der Waals surface area contributed by atoms with Gasteiger partial charge in [0.2, 0.25) is 0 Å². The second-order valence-electron chi connectivity index (χ2n) is 14.4. The third-order valence-corrected chi connectivity index (χ3v) is 11.0. The molecule has 0 bridgehead atoms. The Balaban J connectivity index is 0.984. The Hall–Kier alpha value is -7.23. The molecular weight excluding hydrogens is 691 g/mol. The van der Waals surface area contributed by atoms with Crippen molar-refractivity contribution in [2.45, 2.75) is 18.4 Å². The van der Waals surface area contributed by atoms with E-state index in [-0.39, 0.29) is 0 Å². The van der Waals surface area contributed by atoms with Crippen LogP contribution in [0.15, 0.2) is 227 Å². The quantitative estimate of drug-likeness (QED) is 0.105. The summed E-state index contributed by atoms with van der Waals surface area (Å²) in [4.78, 5) is 14.1. The lowest BCUT2D eigenvalue weighted by Crippen LogP contribution is -2.28. The first kappa shape index (κ1) is 35.5. The summed E-state index contributed by atoms with van der Waals surface area (Å²) in [6, 6.07) is 75.6. The molecule has 3 heteroatoms. The average molecular weight is 732 g/mol. The Morgan fingerprint density at radius 3 is 1.56 bits per heavy atom. The van der Waals surface area contributed by atoms with E-state index in [4.69, 9.17) is 9.98 Å². The second kappa shape index (κ2) is 15.9. The van der Waals surface area contributed by atoms with E-state index in [0.717, 1.165) is 23.1 Å². The summed E-state index contributed by atoms with van der Waals surface area (Å²) in [5.74, 6) is 1.17. The summed E-state index contributed by atoms with van der Waals surface area (Å²) in [7, 11) is 0. The predicted octanol–water partition coefficient (Wildman–Crippen LogP) is 12.4. The van der Waals surface area contributed by atoms with Gasteiger partial charge in [0.05, 0.1) is 12.0 Å². The largest absolute Gasteiger partial charge is 0.261 e. The second-order valence-corrected chi connectivity index (χ2v) is 14.4. The zero-order valence-electron chi connectivity index (χ0n) is 31.7. The highest BCUT2D eigenvalue weighted by Gasteiger charge is 2.46. The molecule has 272 valence electrons. The summed E-state index contributed by atoms with van der Waals surface area (Å²) in [5, 5.41) is 0. The normalized spacial score (nSPS) is 13.1. The van der Waals surface area contributed by atoms with Crippen molar-refractivity contribution in [2.75, 3.05) is 0 Å². The first-order valence-electron chi connectivity index (χ1n) is 19.4. The molecule has 1 aliphatic rings. The third-order valence-electron chi connectivity index (χ3n) is 11.0. The number of hydrogen-bond donors (Lipinski definition) is 0. The molecule has 0 saturated heterocycles. The molecule has 1 aliphatic carbocycles. The number of aliphatic imine (C=N–C) groups is 3. The van der Waals surface area contributed by atoms with Crippen LogP contribution in [0.25, 0.3) is 22.3 Å². The van der Waals surface area contributed by atoms with Crippen LogP contribution in [0.4, 0.5) is 0 Å². The number of rotatable bonds is 9. The Kier molecular flexibility index (Phi) is 9.87. The van der Waals surface area contributed by atoms with Gasteiger partial charge in [0.25, 0.3) is 0 Å². The standard InChI is InChI=1S/C54H41N3/c1-55-52(57-53(43-18-8-3-9-19-43)56-38-41-16-6-2-7-17-41)44-32-28-40(29-33-44)36-39-26-30-42(31-27-39)45-34-35-49-48-24-14-15-25-50(48)54(51(49)37-45,46-20-10-4-11-21-46)47-22-12-5-13-23-47/h2-35,37H,1,36,38H2. The fourth-order valence-electron chi connectivity index (χ4n) is 8.27. The van der Waals surface area contributed by atoms with Crippen LogP contribution in [0.5, 0.6) is 0 Å². The SMILES string of the molecule is C=NC(=NC(=NCc1ccccc1)c1ccccc1)c1ccc(Cc2ccc(-c3ccc4c(c3)C(c3ccccc3)(c3ccccc3)c3ccccc3-4)cc2)cc1. The highest BCUT2D eigenvalue weighted by atomic mass is 15.0. The number of benzene rings is 8. The van der Waals surface area contributed by atoms with E-state index in [1.165, 1.54) is 55.6 Å². The zero-order chi connectivity index (χ0) is 38.4. The number of fused-ring (bicyclic) bond motifs is 3. The molecule has 0 N–H and O–H groups in total. The minimum absolute atomic E-state index is 0.416. The van der Waals surface area contributed by atoms with Gasteiger partial charge in [-0.3, -0.25) is 4.99 Å². The van der Waals surface area contributed by atoms with Gasteiger partial charge in [-0.1, -0.05) is 206 Å². The van der Waals surface area contributed by atoms with Crippen LogP contribution in [-0.2, 0) is 18.4 Å². The molecule has 0 atom stereocenters. The van der Waals surface area contributed by atoms with Crippen LogP contribution in [0.3, 0.4) is 0 Å². The highest BCUT2D eigenvalue weighted by molar-refractivity contribution is 6.12. The molecule has 3 nitrogen and oxygen atoms in total. The Morgan fingerprint density at radius 2 is 0.930 bits per heavy atom. The Bertz CT molecular complexity index is 2660. The third kappa shape index (κ3) is 6.96. The van der Waals surface area contributed by atoms with Gasteiger partial charge in [0.1, 0.15) is 0 Å². The zero-order valence-corrected chi connectivity index (χ0v) is 31.7. The van der Waals surface area contributed by atoms with E-state index in [1.807, 2.05) is 48.5 Å². The van der Waals surface area contributed by atoms with E-state index in [2.05, 4.69) is 176 Å². The van der Waals surface area contributed by atoms with Crippen LogP contribution in [0.2, 0.25) is 0 Å². The number of hydrogen-bond acceptors (Lipinski definition) is 1. The fourth-order valence-corrected chi connectivity index (χ4v) is 8.27. The van der Waals surface area contributed by atoms with Gasteiger partial charge >= 0.3 is 0 Å². The van der Waals surface area contributed by atoms with Gasteiger partial charge in [0.15, 0.2) is 11.7 Å². The lowest BCUT2D eigenvalue weighted by molar-refractivity contribution is 0.769. The smallest absolute Gasteiger partial charge is 0.161 e. The summed E-state index contributed by atoms with van der Waals surface area (Å²) in [6.07, 6.45) is 0.812. The molecule has 0 unspecified atom stereocenters. The maximum absolute atomic E-state index is 4.92. The van der Waals surface area contributed by atoms with E-state index in [0.29, 0.717) is 18.2 Å². The lowest BCUT2D eigenvalue weighted by Gasteiger charge is -2.34. The molecule has 0 aromatic heterocycles. The van der Waals surface area contributed by atoms with Gasteiger partial charge in [0, 0.05) is 11.1 Å². The predicted molar refractivity (Wildman–Crippen MR) is 238 cm³/mol. The molecule has 8 aromatic rings. The van der Waals surface area contributed by atoms with Crippen LogP contribution in [0, 0.1) is 0 Å². The molecule has 0 heterocycles. The summed E-state index contributed by atoms with van der Waals surface area (Å²) < 4.78 is 0. The molecule has 0 amide bonds. The first-order valence-corrected chi connectivity index (χ1v) is 19.4. The van der Waals surface area contributed by atoms with Crippen molar-refractivity contribution in [2.24, 2.45) is 15.0 Å². The lowest BCUT2D eigenvalue weighted by atomic mass is 9.67. The van der Waals surface area contributed by atoms with E-state index in [9.17, 15) is 0 Å². The van der Waals surface area contributed by atoms with Gasteiger partial charge in [-0.2, -0.15) is 0 Å². The van der Waals surface area contributed by atoms with Crippen molar-refractivity contribution < 1.29 is 0 Å².